The maximum atomic E-state index is 13.0. The molecule has 2 aromatic heterocycles. The smallest absolute Gasteiger partial charge is 0.274 e. The molecule has 7 heteroatoms. The quantitative estimate of drug-likeness (QED) is 0.842. The summed E-state index contributed by atoms with van der Waals surface area (Å²) in [5, 5.41) is 1.95. The molecule has 4 rings (SSSR count). The van der Waals surface area contributed by atoms with Gasteiger partial charge in [0.15, 0.2) is 4.96 Å². The number of rotatable bonds is 4. The van der Waals surface area contributed by atoms with Gasteiger partial charge < -0.3 is 9.80 Å². The minimum atomic E-state index is -0.0670. The van der Waals surface area contributed by atoms with Crippen LogP contribution in [-0.2, 0) is 4.79 Å². The second kappa shape index (κ2) is 6.44. The van der Waals surface area contributed by atoms with Gasteiger partial charge in [-0.25, -0.2) is 4.98 Å². The third-order valence-corrected chi connectivity index (χ3v) is 6.02. The van der Waals surface area contributed by atoms with Crippen LogP contribution in [0.25, 0.3) is 4.96 Å². The first-order chi connectivity index (χ1) is 12.0. The van der Waals surface area contributed by atoms with E-state index < -0.39 is 0 Å². The first-order valence-electron chi connectivity index (χ1n) is 9.04. The minimum absolute atomic E-state index is 0.0670. The maximum absolute atomic E-state index is 13.0. The highest BCUT2D eigenvalue weighted by Crippen LogP contribution is 2.32. The summed E-state index contributed by atoms with van der Waals surface area (Å²) in [6.07, 6.45) is 6.55. The topological polar surface area (TPSA) is 57.9 Å². The molecule has 1 atom stereocenters. The van der Waals surface area contributed by atoms with Crippen molar-refractivity contribution in [2.75, 3.05) is 19.6 Å². The lowest BCUT2D eigenvalue weighted by Crippen LogP contribution is -2.48. The van der Waals surface area contributed by atoms with Gasteiger partial charge in [-0.1, -0.05) is 13.8 Å². The van der Waals surface area contributed by atoms with E-state index in [1.165, 1.54) is 24.2 Å². The van der Waals surface area contributed by atoms with Crippen molar-refractivity contribution in [2.45, 2.75) is 39.2 Å². The predicted octanol–water partition coefficient (Wildman–Crippen LogP) is 2.50. The lowest BCUT2D eigenvalue weighted by Gasteiger charge is -2.34. The second-order valence-corrected chi connectivity index (χ2v) is 8.39. The largest absolute Gasteiger partial charge is 0.337 e. The Hall–Kier alpha value is -1.89. The lowest BCUT2D eigenvalue weighted by atomic mass is 10.0. The summed E-state index contributed by atoms with van der Waals surface area (Å²) in [6, 6.07) is 0.0864. The van der Waals surface area contributed by atoms with Gasteiger partial charge in [0.05, 0.1) is 6.04 Å². The molecular formula is C18H24N4O2S. The molecule has 1 saturated carbocycles. The van der Waals surface area contributed by atoms with Crippen LogP contribution in [0, 0.1) is 11.8 Å². The number of hydrogen-bond donors (Lipinski definition) is 0. The first kappa shape index (κ1) is 16.6. The van der Waals surface area contributed by atoms with Gasteiger partial charge in [-0.05, 0) is 24.7 Å². The molecule has 0 N–H and O–H groups in total. The number of aromatic nitrogens is 2. The molecule has 25 heavy (non-hydrogen) atoms. The van der Waals surface area contributed by atoms with Crippen molar-refractivity contribution in [3.05, 3.63) is 23.5 Å². The summed E-state index contributed by atoms with van der Waals surface area (Å²) in [5.74, 6) is 1.10. The summed E-state index contributed by atoms with van der Waals surface area (Å²) < 4.78 is 1.88. The third-order valence-electron chi connectivity index (χ3n) is 5.24. The number of hydrogen-bond acceptors (Lipinski definition) is 4. The van der Waals surface area contributed by atoms with Gasteiger partial charge in [-0.2, -0.15) is 0 Å². The number of fused-ring (bicyclic) bond motifs is 1. The predicted molar refractivity (Wildman–Crippen MR) is 96.7 cm³/mol. The van der Waals surface area contributed by atoms with Gasteiger partial charge in [0.1, 0.15) is 5.69 Å². The SMILES string of the molecule is CC(C)C1CN(C(=O)c2cn3ccsc3n2)CCC(=O)N1CC1CC1. The molecule has 1 unspecified atom stereocenters. The monoisotopic (exact) mass is 360 g/mol. The Morgan fingerprint density at radius 2 is 2.20 bits per heavy atom. The fourth-order valence-corrected chi connectivity index (χ4v) is 4.24. The summed E-state index contributed by atoms with van der Waals surface area (Å²) in [5.41, 5.74) is 0.470. The molecule has 6 nitrogen and oxygen atoms in total. The molecule has 2 fully saturated rings. The van der Waals surface area contributed by atoms with Crippen molar-refractivity contribution in [1.82, 2.24) is 19.2 Å². The number of amides is 2. The van der Waals surface area contributed by atoms with E-state index in [1.807, 2.05) is 25.8 Å². The molecule has 134 valence electrons. The van der Waals surface area contributed by atoms with E-state index in [1.54, 1.807) is 6.20 Å². The molecular weight excluding hydrogens is 336 g/mol. The van der Waals surface area contributed by atoms with E-state index in [0.29, 0.717) is 37.0 Å². The molecule has 0 radical (unpaired) electrons. The Morgan fingerprint density at radius 3 is 2.88 bits per heavy atom. The summed E-state index contributed by atoms with van der Waals surface area (Å²) in [7, 11) is 0. The first-order valence-corrected chi connectivity index (χ1v) is 9.92. The Morgan fingerprint density at radius 1 is 1.40 bits per heavy atom. The Labute approximate surface area is 151 Å². The molecule has 0 spiro atoms. The fraction of sp³-hybridized carbons (Fsp3) is 0.611. The maximum Gasteiger partial charge on any atom is 0.274 e. The number of imidazole rings is 1. The zero-order valence-electron chi connectivity index (χ0n) is 14.7. The average molecular weight is 360 g/mol. The summed E-state index contributed by atoms with van der Waals surface area (Å²) in [4.78, 5) is 34.8. The zero-order valence-corrected chi connectivity index (χ0v) is 15.5. The van der Waals surface area contributed by atoms with E-state index in [-0.39, 0.29) is 17.9 Å². The standard InChI is InChI=1S/C18H24N4O2S/c1-12(2)15-11-20(6-5-16(23)22(15)9-13-3-4-13)17(24)14-10-21-7-8-25-18(21)19-14/h7-8,10,12-13,15H,3-6,9,11H2,1-2H3. The van der Waals surface area contributed by atoms with Gasteiger partial charge in [0.25, 0.3) is 5.91 Å². The lowest BCUT2D eigenvalue weighted by molar-refractivity contribution is -0.133. The van der Waals surface area contributed by atoms with Crippen molar-refractivity contribution < 1.29 is 9.59 Å². The van der Waals surface area contributed by atoms with Crippen LogP contribution in [0.5, 0.6) is 0 Å². The van der Waals surface area contributed by atoms with Gasteiger partial charge in [-0.15, -0.1) is 11.3 Å². The van der Waals surface area contributed by atoms with Crippen molar-refractivity contribution in [3.8, 4) is 0 Å². The molecule has 1 aliphatic heterocycles. The summed E-state index contributed by atoms with van der Waals surface area (Å²) >= 11 is 1.52. The van der Waals surface area contributed by atoms with Crippen LogP contribution in [0.4, 0.5) is 0 Å². The van der Waals surface area contributed by atoms with Crippen molar-refractivity contribution in [2.24, 2.45) is 11.8 Å². The molecule has 2 aliphatic rings. The number of carbonyl (C=O) groups is 2. The van der Waals surface area contributed by atoms with Crippen molar-refractivity contribution >= 4 is 28.1 Å². The molecule has 3 heterocycles. The van der Waals surface area contributed by atoms with Crippen molar-refractivity contribution in [1.29, 1.82) is 0 Å². The van der Waals surface area contributed by atoms with Crippen LogP contribution >= 0.6 is 11.3 Å². The van der Waals surface area contributed by atoms with Crippen LogP contribution in [0.2, 0.25) is 0 Å². The Bertz CT molecular complexity index is 763. The van der Waals surface area contributed by atoms with Gasteiger partial charge in [0.2, 0.25) is 5.91 Å². The highest BCUT2D eigenvalue weighted by Gasteiger charge is 2.37. The molecule has 1 aliphatic carbocycles. The fourth-order valence-electron chi connectivity index (χ4n) is 3.54. The van der Waals surface area contributed by atoms with E-state index in [9.17, 15) is 9.59 Å². The summed E-state index contributed by atoms with van der Waals surface area (Å²) in [6.45, 7) is 6.20. The van der Waals surface area contributed by atoms with Crippen LogP contribution in [0.1, 0.15) is 43.6 Å². The van der Waals surface area contributed by atoms with E-state index >= 15 is 0 Å². The van der Waals surface area contributed by atoms with Gasteiger partial charge in [-0.3, -0.25) is 14.0 Å². The second-order valence-electron chi connectivity index (χ2n) is 7.52. The van der Waals surface area contributed by atoms with E-state index in [0.717, 1.165) is 11.5 Å². The molecule has 0 aromatic carbocycles. The Balaban J connectivity index is 1.56. The minimum Gasteiger partial charge on any atom is -0.337 e. The van der Waals surface area contributed by atoms with Crippen LogP contribution in [-0.4, -0.2) is 56.7 Å². The highest BCUT2D eigenvalue weighted by molar-refractivity contribution is 7.15. The van der Waals surface area contributed by atoms with Crippen LogP contribution in [0.3, 0.4) is 0 Å². The third kappa shape index (κ3) is 3.29. The van der Waals surface area contributed by atoms with Crippen molar-refractivity contribution in [3.63, 3.8) is 0 Å². The molecule has 0 bridgehead atoms. The molecule has 2 aromatic rings. The van der Waals surface area contributed by atoms with E-state index in [4.69, 9.17) is 0 Å². The number of nitrogens with zero attached hydrogens (tertiary/aromatic N) is 4. The normalized spacial score (nSPS) is 22.0. The molecule has 1 saturated heterocycles. The number of thiazole rings is 1. The molecule has 2 amide bonds. The van der Waals surface area contributed by atoms with Gasteiger partial charge >= 0.3 is 0 Å². The Kier molecular flexibility index (Phi) is 4.27. The van der Waals surface area contributed by atoms with Gasteiger partial charge in [0, 0.05) is 43.8 Å². The van der Waals surface area contributed by atoms with Crippen LogP contribution in [0.15, 0.2) is 17.8 Å². The zero-order chi connectivity index (χ0) is 17.6. The average Bonchev–Trinajstić information content (AvgIpc) is 3.18. The van der Waals surface area contributed by atoms with Crippen LogP contribution < -0.4 is 0 Å². The number of carbonyl (C=O) groups excluding carboxylic acids is 2. The van der Waals surface area contributed by atoms with E-state index in [2.05, 4.69) is 18.8 Å². The highest BCUT2D eigenvalue weighted by atomic mass is 32.1.